The van der Waals surface area contributed by atoms with Crippen LogP contribution in [0.15, 0.2) is 29.6 Å². The highest BCUT2D eigenvalue weighted by atomic mass is 32.1. The maximum Gasteiger partial charge on any atom is 0.0345 e. The molecule has 2 aromatic rings. The molecule has 2 nitrogen and oxygen atoms in total. The van der Waals surface area contributed by atoms with E-state index >= 15 is 0 Å². The average Bonchev–Trinajstić information content (AvgIpc) is 2.91. The molecule has 0 amide bonds. The first-order valence-corrected chi connectivity index (χ1v) is 8.66. The van der Waals surface area contributed by atoms with Gasteiger partial charge in [-0.1, -0.05) is 50.3 Å². The van der Waals surface area contributed by atoms with E-state index in [4.69, 9.17) is 5.84 Å². The molecule has 3 heteroatoms. The van der Waals surface area contributed by atoms with Crippen molar-refractivity contribution in [2.24, 2.45) is 11.8 Å². The molecule has 0 spiro atoms. The summed E-state index contributed by atoms with van der Waals surface area (Å²) in [7, 11) is 0. The molecule has 0 aliphatic heterocycles. The lowest BCUT2D eigenvalue weighted by atomic mass is 9.84. The van der Waals surface area contributed by atoms with Crippen molar-refractivity contribution in [3.63, 3.8) is 0 Å². The normalized spacial score (nSPS) is 18.4. The topological polar surface area (TPSA) is 38.0 Å². The summed E-state index contributed by atoms with van der Waals surface area (Å²) in [5.41, 5.74) is 4.51. The molecule has 1 unspecified atom stereocenters. The standard InChI is InChI=1S/C17H24N2S/c18-19-15(10-13-6-2-1-3-7-13)11-14-12-20-17-9-5-4-8-16(14)17/h4-5,8-9,12-13,15,19H,1-3,6-7,10-11,18H2. The van der Waals surface area contributed by atoms with E-state index in [0.29, 0.717) is 6.04 Å². The first-order valence-electron chi connectivity index (χ1n) is 7.78. The highest BCUT2D eigenvalue weighted by molar-refractivity contribution is 7.17. The fraction of sp³-hybridized carbons (Fsp3) is 0.529. The minimum absolute atomic E-state index is 0.413. The van der Waals surface area contributed by atoms with Crippen LogP contribution in [-0.4, -0.2) is 6.04 Å². The SMILES string of the molecule is NNC(Cc1csc2ccccc12)CC1CCCCC1. The minimum atomic E-state index is 0.413. The van der Waals surface area contributed by atoms with Crippen LogP contribution in [0.4, 0.5) is 0 Å². The number of nitrogens with one attached hydrogen (secondary N) is 1. The van der Waals surface area contributed by atoms with E-state index in [1.54, 1.807) is 0 Å². The van der Waals surface area contributed by atoms with Crippen molar-refractivity contribution in [1.29, 1.82) is 0 Å². The van der Waals surface area contributed by atoms with Crippen LogP contribution in [0.25, 0.3) is 10.1 Å². The summed E-state index contributed by atoms with van der Waals surface area (Å²) in [6.45, 7) is 0. The van der Waals surface area contributed by atoms with Crippen molar-refractivity contribution in [2.75, 3.05) is 0 Å². The van der Waals surface area contributed by atoms with Gasteiger partial charge in [0.2, 0.25) is 0 Å². The number of hydrogen-bond acceptors (Lipinski definition) is 3. The van der Waals surface area contributed by atoms with Crippen LogP contribution in [0, 0.1) is 5.92 Å². The van der Waals surface area contributed by atoms with Crippen LogP contribution in [0.2, 0.25) is 0 Å². The van der Waals surface area contributed by atoms with Gasteiger partial charge in [0.15, 0.2) is 0 Å². The zero-order valence-corrected chi connectivity index (χ0v) is 12.8. The van der Waals surface area contributed by atoms with Gasteiger partial charge in [0.25, 0.3) is 0 Å². The van der Waals surface area contributed by atoms with Gasteiger partial charge in [-0.15, -0.1) is 11.3 Å². The van der Waals surface area contributed by atoms with E-state index in [0.717, 1.165) is 12.3 Å². The number of rotatable bonds is 5. The van der Waals surface area contributed by atoms with E-state index in [2.05, 4.69) is 35.1 Å². The Bertz CT molecular complexity index is 543. The highest BCUT2D eigenvalue weighted by Crippen LogP contribution is 2.30. The predicted octanol–water partition coefficient (Wildman–Crippen LogP) is 4.25. The molecular formula is C17H24N2S. The summed E-state index contributed by atoms with van der Waals surface area (Å²) in [4.78, 5) is 0. The molecule has 1 heterocycles. The van der Waals surface area contributed by atoms with E-state index < -0.39 is 0 Å². The lowest BCUT2D eigenvalue weighted by Gasteiger charge is -2.26. The summed E-state index contributed by atoms with van der Waals surface area (Å²) < 4.78 is 1.39. The molecule has 1 aromatic carbocycles. The zero-order chi connectivity index (χ0) is 13.8. The number of thiophene rings is 1. The lowest BCUT2D eigenvalue weighted by Crippen LogP contribution is -2.38. The Morgan fingerprint density at radius 1 is 1.20 bits per heavy atom. The number of fused-ring (bicyclic) bond motifs is 1. The highest BCUT2D eigenvalue weighted by Gasteiger charge is 2.19. The molecule has 0 saturated heterocycles. The third-order valence-electron chi connectivity index (χ3n) is 4.61. The lowest BCUT2D eigenvalue weighted by molar-refractivity contribution is 0.298. The Balaban J connectivity index is 1.67. The first kappa shape index (κ1) is 14.1. The third-order valence-corrected chi connectivity index (χ3v) is 5.62. The van der Waals surface area contributed by atoms with Crippen molar-refractivity contribution in [3.8, 4) is 0 Å². The van der Waals surface area contributed by atoms with Crippen LogP contribution in [0.5, 0.6) is 0 Å². The average molecular weight is 288 g/mol. The second-order valence-corrected chi connectivity index (χ2v) is 6.98. The molecule has 20 heavy (non-hydrogen) atoms. The number of nitrogens with two attached hydrogens (primary N) is 1. The van der Waals surface area contributed by atoms with Crippen molar-refractivity contribution in [3.05, 3.63) is 35.2 Å². The quantitative estimate of drug-likeness (QED) is 0.638. The molecule has 1 atom stereocenters. The predicted molar refractivity (Wildman–Crippen MR) is 87.8 cm³/mol. The molecule has 1 aromatic heterocycles. The van der Waals surface area contributed by atoms with E-state index in [1.165, 1.54) is 54.2 Å². The van der Waals surface area contributed by atoms with Crippen LogP contribution in [-0.2, 0) is 6.42 Å². The van der Waals surface area contributed by atoms with Crippen LogP contribution >= 0.6 is 11.3 Å². The van der Waals surface area contributed by atoms with Crippen LogP contribution in [0.3, 0.4) is 0 Å². The van der Waals surface area contributed by atoms with Crippen LogP contribution < -0.4 is 11.3 Å². The van der Waals surface area contributed by atoms with Gasteiger partial charge >= 0.3 is 0 Å². The number of benzene rings is 1. The molecule has 1 aliphatic rings. The van der Waals surface area contributed by atoms with Gasteiger partial charge in [-0.25, -0.2) is 0 Å². The summed E-state index contributed by atoms with van der Waals surface area (Å²) in [6, 6.07) is 9.09. The Hall–Kier alpha value is -0.900. The smallest absolute Gasteiger partial charge is 0.0345 e. The fourth-order valence-electron chi connectivity index (χ4n) is 3.49. The van der Waals surface area contributed by atoms with Crippen molar-refractivity contribution in [1.82, 2.24) is 5.43 Å². The fourth-order valence-corrected chi connectivity index (χ4v) is 4.47. The largest absolute Gasteiger partial charge is 0.271 e. The summed E-state index contributed by atoms with van der Waals surface area (Å²) >= 11 is 1.84. The van der Waals surface area contributed by atoms with E-state index in [-0.39, 0.29) is 0 Å². The monoisotopic (exact) mass is 288 g/mol. The first-order chi connectivity index (χ1) is 9.86. The molecule has 0 bridgehead atoms. The molecular weight excluding hydrogens is 264 g/mol. The number of hydrogen-bond donors (Lipinski definition) is 2. The Labute approximate surface area is 125 Å². The molecule has 3 N–H and O–H groups in total. The van der Waals surface area contributed by atoms with Crippen molar-refractivity contribution < 1.29 is 0 Å². The maximum absolute atomic E-state index is 5.80. The summed E-state index contributed by atoms with van der Waals surface area (Å²) in [5, 5.41) is 3.71. The molecule has 108 valence electrons. The Morgan fingerprint density at radius 3 is 2.80 bits per heavy atom. The third kappa shape index (κ3) is 3.22. The molecule has 1 aliphatic carbocycles. The second-order valence-electron chi connectivity index (χ2n) is 6.06. The van der Waals surface area contributed by atoms with Crippen molar-refractivity contribution >= 4 is 21.4 Å². The number of hydrazine groups is 1. The zero-order valence-electron chi connectivity index (χ0n) is 12.0. The van der Waals surface area contributed by atoms with Gasteiger partial charge in [-0.3, -0.25) is 11.3 Å². The van der Waals surface area contributed by atoms with Gasteiger partial charge in [-0.2, -0.15) is 0 Å². The van der Waals surface area contributed by atoms with Gasteiger partial charge in [0, 0.05) is 10.7 Å². The van der Waals surface area contributed by atoms with E-state index in [1.807, 2.05) is 11.3 Å². The molecule has 1 fully saturated rings. The van der Waals surface area contributed by atoms with Gasteiger partial charge < -0.3 is 0 Å². The summed E-state index contributed by atoms with van der Waals surface area (Å²) in [6.07, 6.45) is 9.29. The minimum Gasteiger partial charge on any atom is -0.271 e. The molecule has 3 rings (SSSR count). The second kappa shape index (κ2) is 6.70. The Kier molecular flexibility index (Phi) is 4.71. The molecule has 0 radical (unpaired) electrons. The van der Waals surface area contributed by atoms with E-state index in [9.17, 15) is 0 Å². The van der Waals surface area contributed by atoms with Gasteiger partial charge in [-0.05, 0) is 41.2 Å². The maximum atomic E-state index is 5.80. The molecule has 1 saturated carbocycles. The van der Waals surface area contributed by atoms with Crippen molar-refractivity contribution in [2.45, 2.75) is 51.0 Å². The summed E-state index contributed by atoms with van der Waals surface area (Å²) in [5.74, 6) is 6.67. The van der Waals surface area contributed by atoms with Crippen LogP contribution in [0.1, 0.15) is 44.1 Å². The Morgan fingerprint density at radius 2 is 2.00 bits per heavy atom. The van der Waals surface area contributed by atoms with Gasteiger partial charge in [0.1, 0.15) is 0 Å². The van der Waals surface area contributed by atoms with Gasteiger partial charge in [0.05, 0.1) is 0 Å².